The molecule has 0 bridgehead atoms. The molecule has 1 aromatic heterocycles. The fraction of sp³-hybridized carbons (Fsp3) is 0.320. The van der Waals surface area contributed by atoms with Gasteiger partial charge in [0.25, 0.3) is 11.5 Å². The zero-order valence-electron chi connectivity index (χ0n) is 19.9. The Kier molecular flexibility index (Phi) is 8.38. The Morgan fingerprint density at radius 2 is 1.55 bits per heavy atom. The van der Waals surface area contributed by atoms with Crippen molar-refractivity contribution in [2.75, 3.05) is 0 Å². The number of halogens is 6. The van der Waals surface area contributed by atoms with E-state index in [4.69, 9.17) is 5.73 Å². The van der Waals surface area contributed by atoms with Crippen LogP contribution < -0.4 is 16.8 Å². The molecule has 2 aromatic carbocycles. The Balaban J connectivity index is 2.28. The smallest absolute Gasteiger partial charge is 0.369 e. The van der Waals surface area contributed by atoms with Crippen molar-refractivity contribution in [2.24, 2.45) is 29.6 Å². The predicted octanol–water partition coefficient (Wildman–Crippen LogP) is 4.04. The number of carbonyl (C=O) groups is 2. The van der Waals surface area contributed by atoms with Gasteiger partial charge in [0.05, 0.1) is 29.5 Å². The second kappa shape index (κ2) is 11.2. The molecule has 2 atom stereocenters. The molecule has 7 nitrogen and oxygen atoms in total. The SMILES string of the molecule is Cn1c(=O)c(=NC(=O)[C@H](CCC(F)(F)F)[C@H](CC(F)(F)F)C(N)=O)nc(-c2ccccc2)c2ccccc21. The van der Waals surface area contributed by atoms with Crippen LogP contribution in [-0.4, -0.2) is 33.7 Å². The largest absolute Gasteiger partial charge is 0.389 e. The molecule has 0 aliphatic carbocycles. The van der Waals surface area contributed by atoms with Crippen molar-refractivity contribution in [2.45, 2.75) is 31.6 Å². The average molecular weight is 540 g/mol. The van der Waals surface area contributed by atoms with Crippen LogP contribution in [0.25, 0.3) is 22.2 Å². The van der Waals surface area contributed by atoms with Gasteiger partial charge < -0.3 is 10.3 Å². The molecule has 0 fully saturated rings. The number of hydrogen-bond acceptors (Lipinski definition) is 4. The van der Waals surface area contributed by atoms with E-state index in [1.807, 2.05) is 0 Å². The highest BCUT2D eigenvalue weighted by molar-refractivity contribution is 5.92. The normalized spacial score (nSPS) is 14.3. The lowest BCUT2D eigenvalue weighted by molar-refractivity contribution is -0.163. The van der Waals surface area contributed by atoms with Crippen LogP contribution >= 0.6 is 0 Å². The van der Waals surface area contributed by atoms with E-state index < -0.39 is 66.3 Å². The summed E-state index contributed by atoms with van der Waals surface area (Å²) in [5.41, 5.74) is 4.44. The molecular weight excluding hydrogens is 518 g/mol. The van der Waals surface area contributed by atoms with Gasteiger partial charge in [-0.2, -0.15) is 31.3 Å². The van der Waals surface area contributed by atoms with Gasteiger partial charge >= 0.3 is 12.4 Å². The van der Waals surface area contributed by atoms with E-state index in [1.54, 1.807) is 54.6 Å². The van der Waals surface area contributed by atoms with Crippen molar-refractivity contribution >= 4 is 22.7 Å². The van der Waals surface area contributed by atoms with Crippen molar-refractivity contribution in [1.82, 2.24) is 9.55 Å². The number of primary amides is 1. The molecule has 0 aliphatic rings. The van der Waals surface area contributed by atoms with Gasteiger partial charge in [0, 0.05) is 24.4 Å². The topological polar surface area (TPSA) is 107 Å². The third kappa shape index (κ3) is 7.05. The lowest BCUT2D eigenvalue weighted by Gasteiger charge is -2.23. The van der Waals surface area contributed by atoms with Crippen LogP contribution in [-0.2, 0) is 16.6 Å². The first kappa shape index (κ1) is 28.5. The number of para-hydroxylation sites is 1. The summed E-state index contributed by atoms with van der Waals surface area (Å²) in [7, 11) is 1.35. The Morgan fingerprint density at radius 1 is 0.947 bits per heavy atom. The number of fused-ring (bicyclic) bond motifs is 1. The lowest BCUT2D eigenvalue weighted by Crippen LogP contribution is -2.40. The van der Waals surface area contributed by atoms with Crippen LogP contribution in [0.2, 0.25) is 0 Å². The van der Waals surface area contributed by atoms with Gasteiger partial charge in [-0.3, -0.25) is 14.4 Å². The number of aryl methyl sites for hydroxylation is 1. The van der Waals surface area contributed by atoms with E-state index in [-0.39, 0.29) is 5.69 Å². The monoisotopic (exact) mass is 540 g/mol. The number of alkyl halides is 6. The maximum absolute atomic E-state index is 13.2. The standard InChI is InChI=1S/C25H22F6N4O3/c1-35-18-10-6-5-9-16(18)19(14-7-3-2-4-8-14)33-21(23(35)38)34-22(37)15(11-12-24(26,27)28)17(20(32)36)13-25(29,30)31/h2-10,15,17H,11-13H2,1H3,(H2,32,36)/t15-,17+/m1/s1. The van der Waals surface area contributed by atoms with Crippen LogP contribution in [0.15, 0.2) is 64.4 Å². The minimum atomic E-state index is -5.01. The highest BCUT2D eigenvalue weighted by atomic mass is 19.4. The maximum atomic E-state index is 13.2. The molecule has 1 heterocycles. The van der Waals surface area contributed by atoms with Crippen LogP contribution in [0.4, 0.5) is 26.3 Å². The molecule has 202 valence electrons. The van der Waals surface area contributed by atoms with Crippen molar-refractivity contribution in [3.05, 3.63) is 70.4 Å². The summed E-state index contributed by atoms with van der Waals surface area (Å²) in [5, 5.41) is 0.466. The summed E-state index contributed by atoms with van der Waals surface area (Å²) >= 11 is 0. The Hall–Kier alpha value is -4.03. The van der Waals surface area contributed by atoms with E-state index >= 15 is 0 Å². The van der Waals surface area contributed by atoms with Crippen molar-refractivity contribution in [1.29, 1.82) is 0 Å². The Labute approximate surface area is 211 Å². The molecule has 0 unspecified atom stereocenters. The first-order valence-electron chi connectivity index (χ1n) is 11.2. The molecule has 38 heavy (non-hydrogen) atoms. The van der Waals surface area contributed by atoms with Crippen LogP contribution in [0.5, 0.6) is 0 Å². The highest BCUT2D eigenvalue weighted by Gasteiger charge is 2.43. The van der Waals surface area contributed by atoms with E-state index in [1.165, 1.54) is 7.05 Å². The minimum Gasteiger partial charge on any atom is -0.369 e. The Bertz CT molecular complexity index is 1470. The van der Waals surface area contributed by atoms with E-state index in [9.17, 15) is 40.7 Å². The summed E-state index contributed by atoms with van der Waals surface area (Å²) in [6, 6.07) is 14.9. The van der Waals surface area contributed by atoms with Gasteiger partial charge in [-0.05, 0) is 12.5 Å². The van der Waals surface area contributed by atoms with Crippen molar-refractivity contribution in [3.8, 4) is 11.3 Å². The summed E-state index contributed by atoms with van der Waals surface area (Å²) in [6.45, 7) is 0. The first-order valence-corrected chi connectivity index (χ1v) is 11.2. The summed E-state index contributed by atoms with van der Waals surface area (Å²) < 4.78 is 79.3. The van der Waals surface area contributed by atoms with Gasteiger partial charge in [-0.15, -0.1) is 0 Å². The summed E-state index contributed by atoms with van der Waals surface area (Å²) in [6.07, 6.45) is -14.7. The number of aromatic nitrogens is 2. The van der Waals surface area contributed by atoms with E-state index in [0.29, 0.717) is 16.5 Å². The fourth-order valence-corrected chi connectivity index (χ4v) is 4.02. The summed E-state index contributed by atoms with van der Waals surface area (Å²) in [5.74, 6) is -7.68. The van der Waals surface area contributed by atoms with Gasteiger partial charge in [-0.1, -0.05) is 48.5 Å². The van der Waals surface area contributed by atoms with Gasteiger partial charge in [-0.25, -0.2) is 4.98 Å². The number of rotatable bonds is 7. The zero-order chi connectivity index (χ0) is 28.3. The van der Waals surface area contributed by atoms with Crippen LogP contribution in [0, 0.1) is 11.8 Å². The zero-order valence-corrected chi connectivity index (χ0v) is 19.9. The predicted molar refractivity (Wildman–Crippen MR) is 125 cm³/mol. The molecular formula is C25H22F6N4O3. The molecule has 0 aliphatic heterocycles. The Morgan fingerprint density at radius 3 is 2.13 bits per heavy atom. The molecule has 2 N–H and O–H groups in total. The number of benzene rings is 2. The maximum Gasteiger partial charge on any atom is 0.389 e. The van der Waals surface area contributed by atoms with Crippen molar-refractivity contribution in [3.63, 3.8) is 0 Å². The molecule has 0 spiro atoms. The summed E-state index contributed by atoms with van der Waals surface area (Å²) in [4.78, 5) is 45.9. The average Bonchev–Trinajstić information content (AvgIpc) is 2.93. The number of amides is 2. The number of carbonyl (C=O) groups excluding carboxylic acids is 2. The first-order chi connectivity index (χ1) is 17.7. The van der Waals surface area contributed by atoms with Crippen molar-refractivity contribution < 1.29 is 35.9 Å². The number of hydrogen-bond donors (Lipinski definition) is 1. The molecule has 13 heteroatoms. The molecule has 2 amide bonds. The molecule has 0 saturated carbocycles. The van der Waals surface area contributed by atoms with Gasteiger partial charge in [0.15, 0.2) is 0 Å². The van der Waals surface area contributed by atoms with E-state index in [0.717, 1.165) is 4.57 Å². The van der Waals surface area contributed by atoms with Crippen LogP contribution in [0.3, 0.4) is 0 Å². The minimum absolute atomic E-state index is 0.194. The molecule has 3 aromatic rings. The number of nitrogens with two attached hydrogens (primary N) is 1. The van der Waals surface area contributed by atoms with E-state index in [2.05, 4.69) is 9.98 Å². The second-order valence-electron chi connectivity index (χ2n) is 8.57. The molecule has 3 rings (SSSR count). The highest BCUT2D eigenvalue weighted by Crippen LogP contribution is 2.34. The molecule has 0 radical (unpaired) electrons. The second-order valence-corrected chi connectivity index (χ2v) is 8.57. The third-order valence-electron chi connectivity index (χ3n) is 5.86. The number of nitrogens with zero attached hydrogens (tertiary/aromatic N) is 3. The van der Waals surface area contributed by atoms with Crippen LogP contribution in [0.1, 0.15) is 19.3 Å². The van der Waals surface area contributed by atoms with Gasteiger partial charge in [0.1, 0.15) is 0 Å². The lowest BCUT2D eigenvalue weighted by atomic mass is 9.84. The fourth-order valence-electron chi connectivity index (χ4n) is 4.02. The molecule has 0 saturated heterocycles. The quantitative estimate of drug-likeness (QED) is 0.457. The third-order valence-corrected chi connectivity index (χ3v) is 5.86. The van der Waals surface area contributed by atoms with Gasteiger partial charge in [0.2, 0.25) is 11.4 Å².